The van der Waals surface area contributed by atoms with Gasteiger partial charge in [0.05, 0.1) is 11.2 Å². The van der Waals surface area contributed by atoms with Crippen molar-refractivity contribution in [1.29, 1.82) is 0 Å². The lowest BCUT2D eigenvalue weighted by atomic mass is 10.1. The molecule has 0 spiro atoms. The summed E-state index contributed by atoms with van der Waals surface area (Å²) >= 11 is 0. The molecule has 0 saturated carbocycles. The second-order valence-corrected chi connectivity index (χ2v) is 4.16. The maximum atomic E-state index is 11.5. The maximum Gasteiger partial charge on any atom is 0.345 e. The quantitative estimate of drug-likeness (QED) is 0.495. The van der Waals surface area contributed by atoms with Crippen LogP contribution in [0, 0.1) is 0 Å². The molecule has 0 atom stereocenters. The Balaban J connectivity index is 2.34. The van der Waals surface area contributed by atoms with Crippen molar-refractivity contribution < 1.29 is 0 Å². The van der Waals surface area contributed by atoms with Crippen LogP contribution in [-0.2, 0) is 0 Å². The highest BCUT2D eigenvalue weighted by atomic mass is 16.1. The Labute approximate surface area is 96.8 Å². The van der Waals surface area contributed by atoms with Crippen molar-refractivity contribution in [2.45, 2.75) is 0 Å². The fourth-order valence-electron chi connectivity index (χ4n) is 2.56. The molecule has 17 heavy (non-hydrogen) atoms. The van der Waals surface area contributed by atoms with E-state index < -0.39 is 0 Å². The van der Waals surface area contributed by atoms with Gasteiger partial charge in [0.15, 0.2) is 0 Å². The molecule has 0 aliphatic heterocycles. The zero-order valence-electron chi connectivity index (χ0n) is 8.90. The molecule has 1 aliphatic rings. The van der Waals surface area contributed by atoms with E-state index in [2.05, 4.69) is 22.1 Å². The van der Waals surface area contributed by atoms with Gasteiger partial charge in [0.2, 0.25) is 0 Å². The molecule has 0 radical (unpaired) electrons. The van der Waals surface area contributed by atoms with Crippen molar-refractivity contribution in [2.75, 3.05) is 0 Å². The van der Waals surface area contributed by atoms with E-state index in [1.165, 1.54) is 0 Å². The molecule has 0 unspecified atom stereocenters. The summed E-state index contributed by atoms with van der Waals surface area (Å²) in [7, 11) is 0. The molecule has 4 rings (SSSR count). The van der Waals surface area contributed by atoms with E-state index in [0.29, 0.717) is 0 Å². The number of hydrogen-bond donors (Lipinski definition) is 1. The van der Waals surface area contributed by atoms with Crippen LogP contribution in [0.25, 0.3) is 33.3 Å². The van der Waals surface area contributed by atoms with Crippen LogP contribution in [0.5, 0.6) is 0 Å². The van der Waals surface area contributed by atoms with E-state index in [9.17, 15) is 4.79 Å². The molecule has 0 saturated heterocycles. The zero-order valence-corrected chi connectivity index (χ0v) is 8.90. The van der Waals surface area contributed by atoms with Gasteiger partial charge in [-0.1, -0.05) is 36.4 Å². The minimum absolute atomic E-state index is 0.290. The van der Waals surface area contributed by atoms with Crippen LogP contribution in [0.3, 0.4) is 0 Å². The number of nitrogens with zero attached hydrogens (tertiary/aromatic N) is 1. The molecule has 1 aliphatic carbocycles. The topological polar surface area (TPSA) is 45.8 Å². The summed E-state index contributed by atoms with van der Waals surface area (Å²) in [4.78, 5) is 18.4. The average Bonchev–Trinajstić information content (AvgIpc) is 2.67. The van der Waals surface area contributed by atoms with Crippen molar-refractivity contribution in [3.8, 4) is 22.4 Å². The number of aromatic nitrogens is 2. The first-order valence-electron chi connectivity index (χ1n) is 5.47. The molecular formula is C14H8N2O. The Morgan fingerprint density at radius 3 is 2.53 bits per heavy atom. The third kappa shape index (κ3) is 1.00. The molecule has 0 bridgehead atoms. The Hall–Kier alpha value is -2.42. The fraction of sp³-hybridized carbons (Fsp3) is 0. The predicted molar refractivity (Wildman–Crippen MR) is 66.8 cm³/mol. The third-order valence-electron chi connectivity index (χ3n) is 3.23. The molecule has 1 N–H and O–H groups in total. The molecule has 80 valence electrons. The minimum Gasteiger partial charge on any atom is -0.305 e. The highest BCUT2D eigenvalue weighted by Gasteiger charge is 2.22. The molecule has 1 heterocycles. The average molecular weight is 220 g/mol. The van der Waals surface area contributed by atoms with Crippen LogP contribution in [0.15, 0.2) is 47.3 Å². The van der Waals surface area contributed by atoms with E-state index in [4.69, 9.17) is 0 Å². The van der Waals surface area contributed by atoms with Gasteiger partial charge in [-0.05, 0) is 17.2 Å². The fourth-order valence-corrected chi connectivity index (χ4v) is 2.56. The first-order valence-corrected chi connectivity index (χ1v) is 5.47. The zero-order chi connectivity index (χ0) is 11.4. The summed E-state index contributed by atoms with van der Waals surface area (Å²) in [5.41, 5.74) is 4.71. The van der Waals surface area contributed by atoms with Crippen molar-refractivity contribution in [3.05, 3.63) is 52.9 Å². The molecule has 0 amide bonds. The predicted octanol–water partition coefficient (Wildman–Crippen LogP) is 2.57. The SMILES string of the molecule is O=c1nc2c3c(cccc3[nH]1)-c1ccccc1-2. The summed E-state index contributed by atoms with van der Waals surface area (Å²) in [5.74, 6) is 0. The van der Waals surface area contributed by atoms with Gasteiger partial charge in [-0.15, -0.1) is 0 Å². The standard InChI is InChI=1S/C14H8N2O/c17-14-15-11-7-3-6-9-8-4-1-2-5-10(8)13(16-14)12(9)11/h1-7H,(H,15,16,17). The lowest BCUT2D eigenvalue weighted by Gasteiger charge is -1.99. The number of hydrogen-bond acceptors (Lipinski definition) is 2. The van der Waals surface area contributed by atoms with E-state index in [-0.39, 0.29) is 5.69 Å². The number of nitrogens with one attached hydrogen (secondary N) is 1. The van der Waals surface area contributed by atoms with Crippen LogP contribution in [0.4, 0.5) is 0 Å². The monoisotopic (exact) mass is 220 g/mol. The number of fused-ring (bicyclic) bond motifs is 3. The lowest BCUT2D eigenvalue weighted by molar-refractivity contribution is 1.13. The second-order valence-electron chi connectivity index (χ2n) is 4.16. The molecule has 2 aromatic carbocycles. The van der Waals surface area contributed by atoms with Crippen LogP contribution in [0.1, 0.15) is 0 Å². The smallest absolute Gasteiger partial charge is 0.305 e. The highest BCUT2D eigenvalue weighted by Crippen LogP contribution is 2.44. The first-order chi connectivity index (χ1) is 8.34. The van der Waals surface area contributed by atoms with Gasteiger partial charge in [-0.2, -0.15) is 4.98 Å². The van der Waals surface area contributed by atoms with Crippen molar-refractivity contribution >= 4 is 10.9 Å². The Morgan fingerprint density at radius 1 is 0.882 bits per heavy atom. The number of H-pyrrole nitrogens is 1. The Morgan fingerprint density at radius 2 is 1.65 bits per heavy atom. The minimum atomic E-state index is -0.290. The number of aromatic amines is 1. The van der Waals surface area contributed by atoms with E-state index in [1.54, 1.807) is 0 Å². The molecular weight excluding hydrogens is 212 g/mol. The van der Waals surface area contributed by atoms with Crippen LogP contribution in [0.2, 0.25) is 0 Å². The first kappa shape index (κ1) is 8.70. The number of benzene rings is 2. The maximum absolute atomic E-state index is 11.5. The van der Waals surface area contributed by atoms with Crippen LogP contribution >= 0.6 is 0 Å². The molecule has 3 aromatic rings. The van der Waals surface area contributed by atoms with Gasteiger partial charge in [-0.25, -0.2) is 4.79 Å². The van der Waals surface area contributed by atoms with Crippen molar-refractivity contribution in [3.63, 3.8) is 0 Å². The largest absolute Gasteiger partial charge is 0.345 e. The van der Waals surface area contributed by atoms with Crippen molar-refractivity contribution in [2.24, 2.45) is 0 Å². The van der Waals surface area contributed by atoms with Gasteiger partial charge in [0.25, 0.3) is 0 Å². The van der Waals surface area contributed by atoms with Gasteiger partial charge in [-0.3, -0.25) is 0 Å². The van der Waals surface area contributed by atoms with Gasteiger partial charge in [0.1, 0.15) is 0 Å². The van der Waals surface area contributed by atoms with Gasteiger partial charge >= 0.3 is 5.69 Å². The Bertz CT molecular complexity index is 818. The lowest BCUT2D eigenvalue weighted by Crippen LogP contribution is -2.10. The highest BCUT2D eigenvalue weighted by molar-refractivity contribution is 6.12. The molecule has 3 nitrogen and oxygen atoms in total. The van der Waals surface area contributed by atoms with Crippen molar-refractivity contribution in [1.82, 2.24) is 9.97 Å². The number of rotatable bonds is 0. The molecule has 0 fully saturated rings. The normalized spacial score (nSPS) is 11.8. The van der Waals surface area contributed by atoms with E-state index in [0.717, 1.165) is 33.3 Å². The van der Waals surface area contributed by atoms with Gasteiger partial charge in [0, 0.05) is 10.9 Å². The Kier molecular flexibility index (Phi) is 1.45. The van der Waals surface area contributed by atoms with Crippen LogP contribution in [-0.4, -0.2) is 9.97 Å². The van der Waals surface area contributed by atoms with Gasteiger partial charge < -0.3 is 4.98 Å². The summed E-state index contributed by atoms with van der Waals surface area (Å²) < 4.78 is 0. The van der Waals surface area contributed by atoms with Crippen LogP contribution < -0.4 is 5.69 Å². The molecule has 1 aromatic heterocycles. The summed E-state index contributed by atoms with van der Waals surface area (Å²) in [6.07, 6.45) is 0. The molecule has 3 heteroatoms. The summed E-state index contributed by atoms with van der Waals surface area (Å²) in [6, 6.07) is 14.0. The van der Waals surface area contributed by atoms with E-state index >= 15 is 0 Å². The third-order valence-corrected chi connectivity index (χ3v) is 3.23. The second kappa shape index (κ2) is 2.83. The summed E-state index contributed by atoms with van der Waals surface area (Å²) in [5, 5.41) is 1.05. The summed E-state index contributed by atoms with van der Waals surface area (Å²) in [6.45, 7) is 0. The van der Waals surface area contributed by atoms with E-state index in [1.807, 2.05) is 30.3 Å².